The summed E-state index contributed by atoms with van der Waals surface area (Å²) in [5, 5.41) is 2.87. The van der Waals surface area contributed by atoms with E-state index in [4.69, 9.17) is 4.74 Å². The summed E-state index contributed by atoms with van der Waals surface area (Å²) in [6.45, 7) is 6.30. The number of hydrogen-bond donors (Lipinski definition) is 1. The second-order valence-electron chi connectivity index (χ2n) is 5.67. The zero-order valence-electron chi connectivity index (χ0n) is 14.4. The molecule has 2 rings (SSSR count). The summed E-state index contributed by atoms with van der Waals surface area (Å²) < 4.78 is 5.56. The van der Waals surface area contributed by atoms with Crippen LogP contribution in [0.4, 0.5) is 0 Å². The highest BCUT2D eigenvalue weighted by molar-refractivity contribution is 5.73. The van der Waals surface area contributed by atoms with Crippen molar-refractivity contribution in [2.75, 3.05) is 6.61 Å². The van der Waals surface area contributed by atoms with Crippen LogP contribution in [-0.4, -0.2) is 12.5 Å². The molecule has 0 saturated carbocycles. The van der Waals surface area contributed by atoms with Gasteiger partial charge in [0, 0.05) is 18.1 Å². The Labute approximate surface area is 144 Å². The van der Waals surface area contributed by atoms with Crippen molar-refractivity contribution >= 4 is 5.91 Å². The third-order valence-electron chi connectivity index (χ3n) is 3.51. The fourth-order valence-corrected chi connectivity index (χ4v) is 2.24. The average Bonchev–Trinajstić information content (AvgIpc) is 2.59. The molecule has 124 valence electrons. The van der Waals surface area contributed by atoms with Gasteiger partial charge in [-0.25, -0.2) is 0 Å². The molecule has 0 spiro atoms. The number of rotatable bonds is 5. The molecule has 1 N–H and O–H groups in total. The normalized spacial score (nSPS) is 11.1. The number of ether oxygens (including phenoxy) is 1. The Balaban J connectivity index is 2.01. The Kier molecular flexibility index (Phi) is 6.45. The minimum absolute atomic E-state index is 0.000161. The van der Waals surface area contributed by atoms with Gasteiger partial charge >= 0.3 is 0 Å². The van der Waals surface area contributed by atoms with Crippen LogP contribution in [0.3, 0.4) is 0 Å². The maximum absolute atomic E-state index is 11.1. The van der Waals surface area contributed by atoms with E-state index in [1.165, 1.54) is 6.92 Å². The third-order valence-corrected chi connectivity index (χ3v) is 3.51. The van der Waals surface area contributed by atoms with E-state index in [2.05, 4.69) is 24.1 Å². The van der Waals surface area contributed by atoms with Gasteiger partial charge in [-0.05, 0) is 55.3 Å². The van der Waals surface area contributed by atoms with Crippen LogP contribution in [0.15, 0.2) is 48.5 Å². The monoisotopic (exact) mass is 321 g/mol. The Morgan fingerprint density at radius 3 is 2.08 bits per heavy atom. The molecule has 0 bridgehead atoms. The summed E-state index contributed by atoms with van der Waals surface area (Å²) in [6.07, 6.45) is 0.998. The standard InChI is InChI=1S/C21H23NO2/c1-4-15-24-21-13-9-19(10-14-21)6-5-18-7-11-20(12-8-18)16(2)22-17(3)23/h7-14,16H,4,15H2,1-3H3,(H,22,23). The zero-order chi connectivity index (χ0) is 17.4. The number of carbonyl (C=O) groups excluding carboxylic acids is 1. The summed E-state index contributed by atoms with van der Waals surface area (Å²) in [4.78, 5) is 11.1. The van der Waals surface area contributed by atoms with Gasteiger partial charge in [-0.15, -0.1) is 0 Å². The van der Waals surface area contributed by atoms with Crippen molar-refractivity contribution in [2.24, 2.45) is 0 Å². The van der Waals surface area contributed by atoms with E-state index in [0.29, 0.717) is 0 Å². The van der Waals surface area contributed by atoms with Crippen molar-refractivity contribution < 1.29 is 9.53 Å². The minimum Gasteiger partial charge on any atom is -0.494 e. The van der Waals surface area contributed by atoms with Crippen LogP contribution in [0.25, 0.3) is 0 Å². The van der Waals surface area contributed by atoms with Crippen LogP contribution in [-0.2, 0) is 4.79 Å². The molecule has 3 heteroatoms. The summed E-state index contributed by atoms with van der Waals surface area (Å²) >= 11 is 0. The molecule has 0 aliphatic heterocycles. The lowest BCUT2D eigenvalue weighted by Gasteiger charge is -2.12. The molecule has 0 aliphatic carbocycles. The van der Waals surface area contributed by atoms with Crippen LogP contribution in [0.1, 0.15) is 49.9 Å². The Morgan fingerprint density at radius 1 is 1.04 bits per heavy atom. The van der Waals surface area contributed by atoms with Crippen LogP contribution in [0.5, 0.6) is 5.75 Å². The van der Waals surface area contributed by atoms with Gasteiger partial charge in [0.1, 0.15) is 5.75 Å². The van der Waals surface area contributed by atoms with Gasteiger partial charge in [0.15, 0.2) is 0 Å². The molecule has 2 aromatic carbocycles. The second kappa shape index (κ2) is 8.79. The molecule has 1 atom stereocenters. The highest BCUT2D eigenvalue weighted by Crippen LogP contribution is 2.14. The molecule has 0 saturated heterocycles. The minimum atomic E-state index is -0.0299. The molecule has 1 unspecified atom stereocenters. The van der Waals surface area contributed by atoms with Crippen molar-refractivity contribution in [3.8, 4) is 17.6 Å². The maximum atomic E-state index is 11.1. The van der Waals surface area contributed by atoms with E-state index in [-0.39, 0.29) is 11.9 Å². The summed E-state index contributed by atoms with van der Waals surface area (Å²) in [5.41, 5.74) is 2.96. The smallest absolute Gasteiger partial charge is 0.217 e. The number of benzene rings is 2. The van der Waals surface area contributed by atoms with Gasteiger partial charge in [-0.2, -0.15) is 0 Å². The quantitative estimate of drug-likeness (QED) is 0.843. The van der Waals surface area contributed by atoms with Gasteiger partial charge in [-0.3, -0.25) is 4.79 Å². The molecule has 24 heavy (non-hydrogen) atoms. The molecular weight excluding hydrogens is 298 g/mol. The van der Waals surface area contributed by atoms with Crippen LogP contribution < -0.4 is 10.1 Å². The van der Waals surface area contributed by atoms with Gasteiger partial charge in [0.05, 0.1) is 12.6 Å². The van der Waals surface area contributed by atoms with Crippen molar-refractivity contribution in [1.82, 2.24) is 5.32 Å². The first-order valence-corrected chi connectivity index (χ1v) is 8.20. The van der Waals surface area contributed by atoms with E-state index in [9.17, 15) is 4.79 Å². The topological polar surface area (TPSA) is 38.3 Å². The largest absolute Gasteiger partial charge is 0.494 e. The predicted octanol–water partition coefficient (Wildman–Crippen LogP) is 4.07. The highest BCUT2D eigenvalue weighted by atomic mass is 16.5. The zero-order valence-corrected chi connectivity index (χ0v) is 14.4. The van der Waals surface area contributed by atoms with Crippen LogP contribution in [0, 0.1) is 11.8 Å². The van der Waals surface area contributed by atoms with E-state index >= 15 is 0 Å². The molecule has 0 aromatic heterocycles. The van der Waals surface area contributed by atoms with Gasteiger partial charge in [-0.1, -0.05) is 30.9 Å². The maximum Gasteiger partial charge on any atom is 0.217 e. The SMILES string of the molecule is CCCOc1ccc(C#Cc2ccc(C(C)NC(C)=O)cc2)cc1. The van der Waals surface area contributed by atoms with Crippen molar-refractivity contribution in [3.63, 3.8) is 0 Å². The Hall–Kier alpha value is -2.73. The molecule has 3 nitrogen and oxygen atoms in total. The number of hydrogen-bond acceptors (Lipinski definition) is 2. The van der Waals surface area contributed by atoms with E-state index in [0.717, 1.165) is 35.5 Å². The lowest BCUT2D eigenvalue weighted by molar-refractivity contribution is -0.119. The second-order valence-corrected chi connectivity index (χ2v) is 5.67. The average molecular weight is 321 g/mol. The van der Waals surface area contributed by atoms with Gasteiger partial charge < -0.3 is 10.1 Å². The third kappa shape index (κ3) is 5.48. The highest BCUT2D eigenvalue weighted by Gasteiger charge is 2.05. The fraction of sp³-hybridized carbons (Fsp3) is 0.286. The number of amides is 1. The number of nitrogens with one attached hydrogen (secondary N) is 1. The molecule has 1 amide bonds. The van der Waals surface area contributed by atoms with Gasteiger partial charge in [0.2, 0.25) is 5.91 Å². The first kappa shape index (κ1) is 17.6. The first-order valence-electron chi connectivity index (χ1n) is 8.20. The Bertz CT molecular complexity index is 721. The first-order chi connectivity index (χ1) is 11.6. The van der Waals surface area contributed by atoms with Gasteiger partial charge in [0.25, 0.3) is 0 Å². The number of carbonyl (C=O) groups is 1. The predicted molar refractivity (Wildman–Crippen MR) is 96.9 cm³/mol. The van der Waals surface area contributed by atoms with Crippen LogP contribution in [0.2, 0.25) is 0 Å². The van der Waals surface area contributed by atoms with E-state index < -0.39 is 0 Å². The molecule has 2 aromatic rings. The summed E-state index contributed by atoms with van der Waals surface area (Å²) in [5.74, 6) is 7.15. The molecule has 0 radical (unpaired) electrons. The Morgan fingerprint density at radius 2 is 1.58 bits per heavy atom. The molecule has 0 fully saturated rings. The molecule has 0 aliphatic rings. The molecule has 0 heterocycles. The van der Waals surface area contributed by atoms with Crippen LogP contribution >= 0.6 is 0 Å². The fourth-order valence-electron chi connectivity index (χ4n) is 2.24. The van der Waals surface area contributed by atoms with Crippen molar-refractivity contribution in [3.05, 3.63) is 65.2 Å². The van der Waals surface area contributed by atoms with Crippen molar-refractivity contribution in [2.45, 2.75) is 33.2 Å². The summed E-state index contributed by atoms with van der Waals surface area (Å²) in [6, 6.07) is 15.7. The molecular formula is C21H23NO2. The van der Waals surface area contributed by atoms with E-state index in [1.54, 1.807) is 0 Å². The van der Waals surface area contributed by atoms with E-state index in [1.807, 2.05) is 55.5 Å². The lowest BCUT2D eigenvalue weighted by atomic mass is 10.1. The van der Waals surface area contributed by atoms with Crippen molar-refractivity contribution in [1.29, 1.82) is 0 Å². The summed E-state index contributed by atoms with van der Waals surface area (Å²) in [7, 11) is 0. The lowest BCUT2D eigenvalue weighted by Crippen LogP contribution is -2.23.